The third kappa shape index (κ3) is 4.70. The summed E-state index contributed by atoms with van der Waals surface area (Å²) in [7, 11) is 0. The number of hydrogen-bond donors (Lipinski definition) is 2. The van der Waals surface area contributed by atoms with E-state index in [1.165, 1.54) is 0 Å². The minimum Gasteiger partial charge on any atom is -0.506 e. The highest BCUT2D eigenvalue weighted by molar-refractivity contribution is 5.92. The van der Waals surface area contributed by atoms with Crippen LogP contribution in [0.15, 0.2) is 42.6 Å². The molecule has 1 aromatic carbocycles. The number of benzene rings is 1. The van der Waals surface area contributed by atoms with E-state index in [1.54, 1.807) is 12.1 Å². The van der Waals surface area contributed by atoms with Crippen LogP contribution in [0.3, 0.4) is 0 Å². The SMILES string of the molecule is Cc1ccc(O)c(NC(=O)CCN2CCN(c3ccccn3)CC2)c1. The fourth-order valence-electron chi connectivity index (χ4n) is 2.96. The molecule has 2 N–H and O–H groups in total. The van der Waals surface area contributed by atoms with Crippen LogP contribution >= 0.6 is 0 Å². The first-order valence-corrected chi connectivity index (χ1v) is 8.59. The molecule has 1 aromatic heterocycles. The normalized spacial score (nSPS) is 15.2. The van der Waals surface area contributed by atoms with E-state index in [9.17, 15) is 9.90 Å². The molecule has 2 aromatic rings. The van der Waals surface area contributed by atoms with Crippen molar-refractivity contribution in [1.29, 1.82) is 0 Å². The second-order valence-electron chi connectivity index (χ2n) is 6.34. The molecule has 3 rings (SSSR count). The molecule has 0 saturated carbocycles. The van der Waals surface area contributed by atoms with E-state index in [2.05, 4.69) is 20.1 Å². The van der Waals surface area contributed by atoms with E-state index in [1.807, 2.05) is 37.4 Å². The Morgan fingerprint density at radius 2 is 2.00 bits per heavy atom. The molecule has 0 radical (unpaired) electrons. The maximum atomic E-state index is 12.1. The first-order valence-electron chi connectivity index (χ1n) is 8.59. The van der Waals surface area contributed by atoms with Gasteiger partial charge < -0.3 is 15.3 Å². The Morgan fingerprint density at radius 1 is 1.20 bits per heavy atom. The third-order valence-corrected chi connectivity index (χ3v) is 4.43. The second kappa shape index (κ2) is 7.98. The Bertz CT molecular complexity index is 713. The van der Waals surface area contributed by atoms with Gasteiger partial charge in [-0.05, 0) is 36.8 Å². The second-order valence-corrected chi connectivity index (χ2v) is 6.34. The first kappa shape index (κ1) is 17.2. The summed E-state index contributed by atoms with van der Waals surface area (Å²) < 4.78 is 0. The molecule has 1 saturated heterocycles. The summed E-state index contributed by atoms with van der Waals surface area (Å²) in [6.07, 6.45) is 2.23. The number of carbonyl (C=O) groups is 1. The van der Waals surface area contributed by atoms with Crippen LogP contribution in [-0.2, 0) is 4.79 Å². The standard InChI is InChI=1S/C19H24N4O2/c1-15-5-6-17(24)16(14-15)21-19(25)7-9-22-10-12-23(13-11-22)18-4-2-3-8-20-18/h2-6,8,14,24H,7,9-13H2,1H3,(H,21,25). The maximum Gasteiger partial charge on any atom is 0.225 e. The zero-order valence-corrected chi connectivity index (χ0v) is 14.5. The van der Waals surface area contributed by atoms with Crippen molar-refractivity contribution in [3.05, 3.63) is 48.2 Å². The summed E-state index contributed by atoms with van der Waals surface area (Å²) in [5, 5.41) is 12.6. The Morgan fingerprint density at radius 3 is 2.72 bits per heavy atom. The lowest BCUT2D eigenvalue weighted by Crippen LogP contribution is -2.47. The third-order valence-electron chi connectivity index (χ3n) is 4.43. The molecule has 0 unspecified atom stereocenters. The molecule has 132 valence electrons. The lowest BCUT2D eigenvalue weighted by atomic mass is 10.2. The summed E-state index contributed by atoms with van der Waals surface area (Å²) in [6, 6.07) is 11.1. The van der Waals surface area contributed by atoms with Crippen molar-refractivity contribution in [1.82, 2.24) is 9.88 Å². The lowest BCUT2D eigenvalue weighted by Gasteiger charge is -2.35. The van der Waals surface area contributed by atoms with E-state index in [0.29, 0.717) is 18.7 Å². The zero-order valence-electron chi connectivity index (χ0n) is 14.5. The summed E-state index contributed by atoms with van der Waals surface area (Å²) >= 11 is 0. The van der Waals surface area contributed by atoms with Crippen molar-refractivity contribution < 1.29 is 9.90 Å². The van der Waals surface area contributed by atoms with Gasteiger partial charge in [0.05, 0.1) is 5.69 Å². The van der Waals surface area contributed by atoms with Crippen molar-refractivity contribution >= 4 is 17.4 Å². The smallest absolute Gasteiger partial charge is 0.225 e. The van der Waals surface area contributed by atoms with Gasteiger partial charge in [-0.15, -0.1) is 0 Å². The highest BCUT2D eigenvalue weighted by Crippen LogP contribution is 2.24. The molecule has 1 aliphatic rings. The van der Waals surface area contributed by atoms with Gasteiger partial charge in [-0.1, -0.05) is 12.1 Å². The summed E-state index contributed by atoms with van der Waals surface area (Å²) in [4.78, 5) is 21.1. The largest absolute Gasteiger partial charge is 0.506 e. The van der Waals surface area contributed by atoms with Gasteiger partial charge in [0.25, 0.3) is 0 Å². The number of piperazine rings is 1. The molecule has 0 atom stereocenters. The number of anilines is 2. The predicted molar refractivity (Wildman–Crippen MR) is 99.0 cm³/mol. The minimum atomic E-state index is -0.0759. The zero-order chi connectivity index (χ0) is 17.6. The monoisotopic (exact) mass is 340 g/mol. The lowest BCUT2D eigenvalue weighted by molar-refractivity contribution is -0.116. The molecule has 0 aliphatic carbocycles. The Kier molecular flexibility index (Phi) is 5.50. The van der Waals surface area contributed by atoms with E-state index >= 15 is 0 Å². The van der Waals surface area contributed by atoms with Crippen molar-refractivity contribution in [2.45, 2.75) is 13.3 Å². The van der Waals surface area contributed by atoms with Crippen molar-refractivity contribution in [3.63, 3.8) is 0 Å². The van der Waals surface area contributed by atoms with Gasteiger partial charge in [0, 0.05) is 45.3 Å². The van der Waals surface area contributed by atoms with Gasteiger partial charge in [-0.25, -0.2) is 4.98 Å². The van der Waals surface area contributed by atoms with Crippen LogP contribution in [0, 0.1) is 6.92 Å². The highest BCUT2D eigenvalue weighted by atomic mass is 16.3. The van der Waals surface area contributed by atoms with E-state index < -0.39 is 0 Å². The number of carbonyl (C=O) groups excluding carboxylic acids is 1. The number of phenolic OH excluding ortho intramolecular Hbond substituents is 1. The number of rotatable bonds is 5. The number of phenols is 1. The summed E-state index contributed by atoms with van der Waals surface area (Å²) in [5.41, 5.74) is 1.48. The van der Waals surface area contributed by atoms with Gasteiger partial charge in [0.1, 0.15) is 11.6 Å². The fourth-order valence-corrected chi connectivity index (χ4v) is 2.96. The summed E-state index contributed by atoms with van der Waals surface area (Å²) in [5.74, 6) is 1.03. The van der Waals surface area contributed by atoms with Gasteiger partial charge in [-0.3, -0.25) is 9.69 Å². The molecule has 0 bridgehead atoms. The molecular formula is C19H24N4O2. The van der Waals surface area contributed by atoms with E-state index in [-0.39, 0.29) is 11.7 Å². The van der Waals surface area contributed by atoms with Crippen LogP contribution in [0.1, 0.15) is 12.0 Å². The van der Waals surface area contributed by atoms with Crippen molar-refractivity contribution in [2.24, 2.45) is 0 Å². The molecule has 25 heavy (non-hydrogen) atoms. The first-order chi connectivity index (χ1) is 12.1. The molecule has 6 nitrogen and oxygen atoms in total. The van der Waals surface area contributed by atoms with Crippen LogP contribution < -0.4 is 10.2 Å². The number of aromatic nitrogens is 1. The molecule has 2 heterocycles. The highest BCUT2D eigenvalue weighted by Gasteiger charge is 2.18. The van der Waals surface area contributed by atoms with Gasteiger partial charge in [0.15, 0.2) is 0 Å². The Balaban J connectivity index is 1.44. The average Bonchev–Trinajstić information content (AvgIpc) is 2.64. The minimum absolute atomic E-state index is 0.0759. The molecule has 1 amide bonds. The molecule has 1 fully saturated rings. The van der Waals surface area contributed by atoms with E-state index in [4.69, 9.17) is 0 Å². The van der Waals surface area contributed by atoms with Gasteiger partial charge in [-0.2, -0.15) is 0 Å². The average molecular weight is 340 g/mol. The van der Waals surface area contributed by atoms with Crippen LogP contribution in [0.25, 0.3) is 0 Å². The van der Waals surface area contributed by atoms with Gasteiger partial charge >= 0.3 is 0 Å². The number of amides is 1. The maximum absolute atomic E-state index is 12.1. The quantitative estimate of drug-likeness (QED) is 0.817. The van der Waals surface area contributed by atoms with Crippen LogP contribution in [-0.4, -0.2) is 53.6 Å². The number of hydrogen-bond acceptors (Lipinski definition) is 5. The van der Waals surface area contributed by atoms with Crippen LogP contribution in [0.4, 0.5) is 11.5 Å². The number of nitrogens with one attached hydrogen (secondary N) is 1. The number of pyridine rings is 1. The van der Waals surface area contributed by atoms with Crippen LogP contribution in [0.2, 0.25) is 0 Å². The fraction of sp³-hybridized carbons (Fsp3) is 0.368. The van der Waals surface area contributed by atoms with Crippen LogP contribution in [0.5, 0.6) is 5.75 Å². The number of aromatic hydroxyl groups is 1. The molecule has 1 aliphatic heterocycles. The van der Waals surface area contributed by atoms with Crippen molar-refractivity contribution in [2.75, 3.05) is 42.9 Å². The van der Waals surface area contributed by atoms with E-state index in [0.717, 1.165) is 37.6 Å². The Labute approximate surface area is 148 Å². The van der Waals surface area contributed by atoms with Gasteiger partial charge in [0.2, 0.25) is 5.91 Å². The number of nitrogens with zero attached hydrogens (tertiary/aromatic N) is 3. The Hall–Kier alpha value is -2.60. The topological polar surface area (TPSA) is 68.7 Å². The van der Waals surface area contributed by atoms with Crippen molar-refractivity contribution in [3.8, 4) is 5.75 Å². The predicted octanol–water partition coefficient (Wildman–Crippen LogP) is 2.25. The summed E-state index contributed by atoms with van der Waals surface area (Å²) in [6.45, 7) is 6.30. The molecule has 6 heteroatoms. The molecule has 0 spiro atoms. The number of aryl methyl sites for hydroxylation is 1. The molecular weight excluding hydrogens is 316 g/mol.